The summed E-state index contributed by atoms with van der Waals surface area (Å²) >= 11 is 2.07. The fourth-order valence-corrected chi connectivity index (χ4v) is 1.53. The second-order valence-electron chi connectivity index (χ2n) is 5.74. The minimum Gasteiger partial charge on any atom is -0.550 e. The number of carboxylic acids is 3. The Morgan fingerprint density at radius 2 is 0.833 bits per heavy atom. The molecule has 1 aliphatic rings. The molecular formula is C16H29AuO6S. The number of rotatable bonds is 3. The molecule has 0 aromatic carbocycles. The van der Waals surface area contributed by atoms with Crippen LogP contribution in [0.2, 0.25) is 0 Å². The van der Waals surface area contributed by atoms with E-state index in [0.29, 0.717) is 0 Å². The van der Waals surface area contributed by atoms with E-state index in [2.05, 4.69) is 11.8 Å². The molecule has 1 saturated heterocycles. The maximum Gasteiger partial charge on any atom is 3.00 e. The van der Waals surface area contributed by atoms with Crippen LogP contribution in [0.5, 0.6) is 0 Å². The van der Waals surface area contributed by atoms with E-state index in [1.165, 1.54) is 24.3 Å². The molecule has 1 aliphatic heterocycles. The largest absolute Gasteiger partial charge is 3.00 e. The van der Waals surface area contributed by atoms with Gasteiger partial charge in [0.05, 0.1) is 0 Å². The Morgan fingerprint density at radius 3 is 0.875 bits per heavy atom. The summed E-state index contributed by atoms with van der Waals surface area (Å²) in [6.07, 6.45) is 2.93. The van der Waals surface area contributed by atoms with Crippen molar-refractivity contribution in [2.75, 3.05) is 11.5 Å². The average Bonchev–Trinajstić information content (AvgIpc) is 2.98. The zero-order chi connectivity index (χ0) is 19.0. The van der Waals surface area contributed by atoms with E-state index in [1.807, 2.05) is 0 Å². The van der Waals surface area contributed by atoms with Crippen LogP contribution in [0.4, 0.5) is 0 Å². The van der Waals surface area contributed by atoms with Crippen LogP contribution in [-0.4, -0.2) is 29.4 Å². The van der Waals surface area contributed by atoms with Crippen LogP contribution in [0.15, 0.2) is 0 Å². The Kier molecular flexibility index (Phi) is 26.8. The zero-order valence-electron chi connectivity index (χ0n) is 15.2. The monoisotopic (exact) mass is 546 g/mol. The van der Waals surface area contributed by atoms with Gasteiger partial charge in [-0.25, -0.2) is 0 Å². The number of hydrogen-bond acceptors (Lipinski definition) is 7. The van der Waals surface area contributed by atoms with Gasteiger partial charge >= 0.3 is 22.4 Å². The fraction of sp³-hybridized carbons (Fsp3) is 0.812. The Balaban J connectivity index is -0.000000110. The van der Waals surface area contributed by atoms with Crippen molar-refractivity contribution in [1.82, 2.24) is 0 Å². The minimum atomic E-state index is -0.991. The van der Waals surface area contributed by atoms with Gasteiger partial charge in [0.2, 0.25) is 0 Å². The molecule has 8 heteroatoms. The summed E-state index contributed by atoms with van der Waals surface area (Å²) in [7, 11) is 0. The van der Waals surface area contributed by atoms with E-state index in [4.69, 9.17) is 0 Å². The first-order valence-electron chi connectivity index (χ1n) is 7.63. The van der Waals surface area contributed by atoms with Gasteiger partial charge in [-0.05, 0) is 42.1 Å². The van der Waals surface area contributed by atoms with Gasteiger partial charge in [0, 0.05) is 17.9 Å². The maximum absolute atomic E-state index is 9.59. The Hall–Kier alpha value is -0.500. The molecular weight excluding hydrogens is 517 g/mol. The quantitative estimate of drug-likeness (QED) is 0.446. The standard InChI is InChI=1S/3C4H8O2.C4H8S.Au/c3*1-3(2)4(5)6;1-2-4-5-3-1;/h3*3H,1-2H3,(H,5,6);1-4H2;/q;;;;+3/p-3. The molecule has 0 bridgehead atoms. The molecule has 0 unspecified atom stereocenters. The van der Waals surface area contributed by atoms with Crippen LogP contribution in [0.3, 0.4) is 0 Å². The van der Waals surface area contributed by atoms with Crippen molar-refractivity contribution in [3.05, 3.63) is 0 Å². The van der Waals surface area contributed by atoms with Crippen molar-refractivity contribution >= 4 is 29.7 Å². The van der Waals surface area contributed by atoms with Crippen molar-refractivity contribution in [3.63, 3.8) is 0 Å². The van der Waals surface area contributed by atoms with Crippen LogP contribution in [0, 0.1) is 17.8 Å². The van der Waals surface area contributed by atoms with Crippen molar-refractivity contribution in [2.24, 2.45) is 17.8 Å². The summed E-state index contributed by atoms with van der Waals surface area (Å²) in [4.78, 5) is 28.8. The molecule has 0 saturated carbocycles. The normalized spacial score (nSPS) is 11.9. The number of carbonyl (C=O) groups is 3. The van der Waals surface area contributed by atoms with Gasteiger partial charge < -0.3 is 29.7 Å². The van der Waals surface area contributed by atoms with Gasteiger partial charge in [-0.2, -0.15) is 11.8 Å². The molecule has 24 heavy (non-hydrogen) atoms. The molecule has 0 spiro atoms. The van der Waals surface area contributed by atoms with Gasteiger partial charge in [0.1, 0.15) is 0 Å². The van der Waals surface area contributed by atoms with E-state index in [9.17, 15) is 29.7 Å². The summed E-state index contributed by atoms with van der Waals surface area (Å²) in [5, 5.41) is 28.8. The number of carbonyl (C=O) groups excluding carboxylic acids is 3. The van der Waals surface area contributed by atoms with Crippen molar-refractivity contribution in [1.29, 1.82) is 0 Å². The van der Waals surface area contributed by atoms with Crippen LogP contribution in [0.1, 0.15) is 54.4 Å². The number of carboxylic acid groups (broad SMARTS) is 3. The summed E-state index contributed by atoms with van der Waals surface area (Å²) < 4.78 is 0. The van der Waals surface area contributed by atoms with Crippen LogP contribution < -0.4 is 15.3 Å². The van der Waals surface area contributed by atoms with Gasteiger partial charge in [0.25, 0.3) is 0 Å². The van der Waals surface area contributed by atoms with Gasteiger partial charge in [-0.15, -0.1) is 0 Å². The Morgan fingerprint density at radius 1 is 0.667 bits per heavy atom. The van der Waals surface area contributed by atoms with E-state index in [0.717, 1.165) is 0 Å². The average molecular weight is 546 g/mol. The van der Waals surface area contributed by atoms with Crippen LogP contribution >= 0.6 is 11.8 Å². The molecule has 1 fully saturated rings. The molecule has 0 radical (unpaired) electrons. The Bertz CT molecular complexity index is 278. The van der Waals surface area contributed by atoms with Crippen LogP contribution in [-0.2, 0) is 36.8 Å². The molecule has 0 N–H and O–H groups in total. The number of aliphatic carboxylic acids is 3. The first-order chi connectivity index (χ1) is 10.4. The molecule has 0 atom stereocenters. The molecule has 6 nitrogen and oxygen atoms in total. The first-order valence-corrected chi connectivity index (χ1v) is 8.79. The molecule has 0 amide bonds. The van der Waals surface area contributed by atoms with Crippen LogP contribution in [0.25, 0.3) is 0 Å². The maximum atomic E-state index is 9.59. The second-order valence-corrected chi connectivity index (χ2v) is 6.97. The summed E-state index contributed by atoms with van der Waals surface area (Å²) in [6, 6.07) is 0. The SMILES string of the molecule is C1CCSC1.CC(C)C(=O)[O-].CC(C)C(=O)[O-].CC(C)C(=O)[O-].[Au+3]. The molecule has 146 valence electrons. The van der Waals surface area contributed by atoms with Gasteiger partial charge in [0.15, 0.2) is 0 Å². The smallest absolute Gasteiger partial charge is 0.550 e. The fourth-order valence-electron chi connectivity index (χ4n) is 0.510. The van der Waals surface area contributed by atoms with Gasteiger partial charge in [-0.1, -0.05) is 41.5 Å². The van der Waals surface area contributed by atoms with Gasteiger partial charge in [-0.3, -0.25) is 0 Å². The molecule has 1 rings (SSSR count). The third kappa shape index (κ3) is 33.2. The molecule has 0 aromatic rings. The Labute approximate surface area is 165 Å². The van der Waals surface area contributed by atoms with Crippen molar-refractivity contribution < 1.29 is 52.1 Å². The molecule has 0 aliphatic carbocycles. The van der Waals surface area contributed by atoms with Crippen molar-refractivity contribution in [3.8, 4) is 0 Å². The number of thioether (sulfide) groups is 1. The third-order valence-corrected chi connectivity index (χ3v) is 3.40. The summed E-state index contributed by atoms with van der Waals surface area (Å²) in [5.74, 6) is -1.17. The summed E-state index contributed by atoms with van der Waals surface area (Å²) in [6.45, 7) is 9.47. The van der Waals surface area contributed by atoms with E-state index < -0.39 is 17.9 Å². The second kappa shape index (κ2) is 20.5. The number of hydrogen-bond donors (Lipinski definition) is 0. The topological polar surface area (TPSA) is 120 Å². The molecule has 0 aromatic heterocycles. The van der Waals surface area contributed by atoms with E-state index >= 15 is 0 Å². The summed E-state index contributed by atoms with van der Waals surface area (Å²) in [5.41, 5.74) is 0. The molecule has 1 heterocycles. The predicted molar refractivity (Wildman–Crippen MR) is 86.1 cm³/mol. The van der Waals surface area contributed by atoms with E-state index in [-0.39, 0.29) is 40.1 Å². The zero-order valence-corrected chi connectivity index (χ0v) is 18.2. The predicted octanol–water partition coefficient (Wildman–Crippen LogP) is -0.312. The third-order valence-electron chi connectivity index (χ3n) is 2.24. The first kappa shape index (κ1) is 31.3. The minimum absolute atomic E-state index is 0. The van der Waals surface area contributed by atoms with E-state index in [1.54, 1.807) is 41.5 Å². The van der Waals surface area contributed by atoms with Crippen molar-refractivity contribution in [2.45, 2.75) is 54.4 Å².